The molecule has 1 saturated heterocycles. The summed E-state index contributed by atoms with van der Waals surface area (Å²) in [5, 5.41) is 16.4. The van der Waals surface area contributed by atoms with E-state index in [1.54, 1.807) is 13.0 Å². The van der Waals surface area contributed by atoms with Crippen molar-refractivity contribution in [3.63, 3.8) is 0 Å². The van der Waals surface area contributed by atoms with Crippen LogP contribution in [0.3, 0.4) is 0 Å². The van der Waals surface area contributed by atoms with Gasteiger partial charge in [-0.15, -0.1) is 0 Å². The molecule has 0 aliphatic carbocycles. The number of nitrogens with one attached hydrogen (secondary N) is 1. The number of aryl methyl sites for hydroxylation is 1. The van der Waals surface area contributed by atoms with E-state index < -0.39 is 5.60 Å². The quantitative estimate of drug-likeness (QED) is 0.760. The Morgan fingerprint density at radius 1 is 1.42 bits per heavy atom. The fourth-order valence-corrected chi connectivity index (χ4v) is 2.46. The molecule has 2 N–H and O–H groups in total. The fraction of sp³-hybridized carbons (Fsp3) is 0.583. The number of H-pyrrole nitrogens is 1. The third-order valence-electron chi connectivity index (χ3n) is 3.72. The van der Waals surface area contributed by atoms with Crippen LogP contribution >= 0.6 is 0 Å². The van der Waals surface area contributed by atoms with Gasteiger partial charge < -0.3 is 10.0 Å². The van der Waals surface area contributed by atoms with Gasteiger partial charge in [0.1, 0.15) is 11.6 Å². The average Bonchev–Trinajstić information content (AvgIpc) is 2.71. The minimum Gasteiger partial charge on any atom is -0.390 e. The molecule has 0 amide bonds. The zero-order valence-corrected chi connectivity index (χ0v) is 11.1. The van der Waals surface area contributed by atoms with Gasteiger partial charge in [-0.25, -0.2) is 19.3 Å². The van der Waals surface area contributed by atoms with E-state index in [0.29, 0.717) is 24.3 Å². The number of hydrogen-bond donors (Lipinski definition) is 2. The van der Waals surface area contributed by atoms with Crippen LogP contribution in [0.1, 0.15) is 25.6 Å². The van der Waals surface area contributed by atoms with Crippen LogP contribution < -0.4 is 10.6 Å². The zero-order chi connectivity index (χ0) is 13.6. The second-order valence-electron chi connectivity index (χ2n) is 5.37. The van der Waals surface area contributed by atoms with Gasteiger partial charge in [-0.1, -0.05) is 0 Å². The Hall–Kier alpha value is -1.89. The molecule has 0 spiro atoms. The highest BCUT2D eigenvalue weighted by Crippen LogP contribution is 2.25. The molecule has 3 heterocycles. The van der Waals surface area contributed by atoms with Gasteiger partial charge in [-0.3, -0.25) is 0 Å². The van der Waals surface area contributed by atoms with E-state index in [2.05, 4.69) is 20.1 Å². The minimum atomic E-state index is -0.584. The molecule has 102 valence electrons. The highest BCUT2D eigenvalue weighted by atomic mass is 16.3. The van der Waals surface area contributed by atoms with Gasteiger partial charge in [0, 0.05) is 19.2 Å². The molecule has 0 bridgehead atoms. The third kappa shape index (κ3) is 2.10. The van der Waals surface area contributed by atoms with Crippen molar-refractivity contribution in [3.8, 4) is 0 Å². The third-order valence-corrected chi connectivity index (χ3v) is 3.72. The lowest BCUT2D eigenvalue weighted by Gasteiger charge is -2.36. The van der Waals surface area contributed by atoms with E-state index >= 15 is 0 Å². The Labute approximate surface area is 109 Å². The van der Waals surface area contributed by atoms with E-state index in [1.165, 1.54) is 4.40 Å². The van der Waals surface area contributed by atoms with Gasteiger partial charge in [0.2, 0.25) is 0 Å². The Morgan fingerprint density at radius 3 is 2.79 bits per heavy atom. The van der Waals surface area contributed by atoms with Crippen LogP contribution in [0.15, 0.2) is 10.9 Å². The summed E-state index contributed by atoms with van der Waals surface area (Å²) in [5.74, 6) is 1.42. The number of aliphatic hydroxyl groups is 1. The SMILES string of the molecule is Cc1nc(N2CCC(C)(O)CC2)cc2n[nH]c(=O)n12. The summed E-state index contributed by atoms with van der Waals surface area (Å²) in [7, 11) is 0. The van der Waals surface area contributed by atoms with Crippen molar-refractivity contribution in [2.24, 2.45) is 0 Å². The monoisotopic (exact) mass is 263 g/mol. The fourth-order valence-electron chi connectivity index (χ4n) is 2.46. The molecule has 0 radical (unpaired) electrons. The summed E-state index contributed by atoms with van der Waals surface area (Å²) < 4.78 is 1.45. The van der Waals surface area contributed by atoms with Crippen LogP contribution in [0.2, 0.25) is 0 Å². The van der Waals surface area contributed by atoms with Crippen molar-refractivity contribution in [2.75, 3.05) is 18.0 Å². The number of aromatic nitrogens is 4. The summed E-state index contributed by atoms with van der Waals surface area (Å²) in [4.78, 5) is 18.1. The summed E-state index contributed by atoms with van der Waals surface area (Å²) in [6, 6.07) is 1.80. The summed E-state index contributed by atoms with van der Waals surface area (Å²) in [5.41, 5.74) is -0.281. The molecule has 0 aromatic carbocycles. The molecule has 0 saturated carbocycles. The lowest BCUT2D eigenvalue weighted by molar-refractivity contribution is 0.0350. The first-order valence-electron chi connectivity index (χ1n) is 6.38. The molecular weight excluding hydrogens is 246 g/mol. The first kappa shape index (κ1) is 12.2. The maximum absolute atomic E-state index is 11.5. The van der Waals surface area contributed by atoms with Gasteiger partial charge in [0.05, 0.1) is 5.60 Å². The Morgan fingerprint density at radius 2 is 2.11 bits per heavy atom. The standard InChI is InChI=1S/C12H17N5O2/c1-8-13-9(7-10-14-15-11(18)17(8)10)16-5-3-12(2,19)4-6-16/h7,19H,3-6H2,1-2H3,(H,15,18). The zero-order valence-electron chi connectivity index (χ0n) is 11.1. The van der Waals surface area contributed by atoms with E-state index in [0.717, 1.165) is 18.9 Å². The van der Waals surface area contributed by atoms with Crippen molar-refractivity contribution < 1.29 is 5.11 Å². The number of rotatable bonds is 1. The topological polar surface area (TPSA) is 86.5 Å². The molecule has 7 heteroatoms. The average molecular weight is 263 g/mol. The van der Waals surface area contributed by atoms with E-state index in [4.69, 9.17) is 0 Å². The van der Waals surface area contributed by atoms with Crippen LogP contribution in [0.4, 0.5) is 5.82 Å². The van der Waals surface area contributed by atoms with Crippen LogP contribution in [-0.4, -0.2) is 43.4 Å². The van der Waals surface area contributed by atoms with Crippen molar-refractivity contribution in [1.29, 1.82) is 0 Å². The molecular formula is C12H17N5O2. The second kappa shape index (κ2) is 4.06. The highest BCUT2D eigenvalue weighted by molar-refractivity contribution is 5.51. The lowest BCUT2D eigenvalue weighted by Crippen LogP contribution is -2.42. The number of hydrogen-bond acceptors (Lipinski definition) is 5. The number of anilines is 1. The molecule has 2 aromatic rings. The predicted octanol–water partition coefficient (Wildman–Crippen LogP) is 0.0772. The first-order chi connectivity index (χ1) is 8.96. The van der Waals surface area contributed by atoms with Crippen LogP contribution in [-0.2, 0) is 0 Å². The Balaban J connectivity index is 1.96. The lowest BCUT2D eigenvalue weighted by atomic mass is 9.94. The van der Waals surface area contributed by atoms with Crippen LogP contribution in [0.25, 0.3) is 5.65 Å². The largest absolute Gasteiger partial charge is 0.390 e. The number of fused-ring (bicyclic) bond motifs is 1. The van der Waals surface area contributed by atoms with Gasteiger partial charge in [0.25, 0.3) is 0 Å². The predicted molar refractivity (Wildman–Crippen MR) is 70.4 cm³/mol. The van der Waals surface area contributed by atoms with E-state index in [1.807, 2.05) is 6.92 Å². The number of piperidine rings is 1. The molecule has 2 aromatic heterocycles. The summed E-state index contributed by atoms with van der Waals surface area (Å²) in [6.07, 6.45) is 1.43. The maximum Gasteiger partial charge on any atom is 0.349 e. The Kier molecular flexibility index (Phi) is 2.60. The molecule has 1 aliphatic rings. The van der Waals surface area contributed by atoms with E-state index in [9.17, 15) is 9.90 Å². The summed E-state index contributed by atoms with van der Waals surface area (Å²) >= 11 is 0. The van der Waals surface area contributed by atoms with Gasteiger partial charge in [-0.2, -0.15) is 5.10 Å². The first-order valence-corrected chi connectivity index (χ1v) is 6.38. The molecule has 19 heavy (non-hydrogen) atoms. The second-order valence-corrected chi connectivity index (χ2v) is 5.37. The van der Waals surface area contributed by atoms with E-state index in [-0.39, 0.29) is 5.69 Å². The minimum absolute atomic E-state index is 0.270. The normalized spacial score (nSPS) is 19.0. The van der Waals surface area contributed by atoms with Crippen LogP contribution in [0.5, 0.6) is 0 Å². The summed E-state index contributed by atoms with van der Waals surface area (Å²) in [6.45, 7) is 5.15. The van der Waals surface area contributed by atoms with Crippen molar-refractivity contribution >= 4 is 11.5 Å². The molecule has 1 aliphatic heterocycles. The smallest absolute Gasteiger partial charge is 0.349 e. The molecule has 0 atom stereocenters. The van der Waals surface area contributed by atoms with Crippen molar-refractivity contribution in [3.05, 3.63) is 22.4 Å². The number of nitrogens with zero attached hydrogens (tertiary/aromatic N) is 4. The molecule has 1 fully saturated rings. The molecule has 7 nitrogen and oxygen atoms in total. The van der Waals surface area contributed by atoms with Gasteiger partial charge in [0.15, 0.2) is 5.65 Å². The highest BCUT2D eigenvalue weighted by Gasteiger charge is 2.28. The van der Waals surface area contributed by atoms with Crippen molar-refractivity contribution in [1.82, 2.24) is 19.6 Å². The van der Waals surface area contributed by atoms with Crippen LogP contribution in [0, 0.1) is 6.92 Å². The van der Waals surface area contributed by atoms with Crippen molar-refractivity contribution in [2.45, 2.75) is 32.3 Å². The number of aromatic amines is 1. The molecule has 0 unspecified atom stereocenters. The Bertz CT molecular complexity index is 662. The van der Waals surface area contributed by atoms with Gasteiger partial charge >= 0.3 is 5.69 Å². The molecule has 3 rings (SSSR count). The maximum atomic E-state index is 11.5. The van der Waals surface area contributed by atoms with Gasteiger partial charge in [-0.05, 0) is 26.7 Å².